The van der Waals surface area contributed by atoms with E-state index in [0.29, 0.717) is 12.1 Å². The Hall–Kier alpha value is -1.22. The summed E-state index contributed by atoms with van der Waals surface area (Å²) < 4.78 is 5.43. The number of rotatable bonds is 3. The third-order valence-electron chi connectivity index (χ3n) is 4.35. The Morgan fingerprint density at radius 3 is 2.11 bits per heavy atom. The second kappa shape index (κ2) is 5.83. The van der Waals surface area contributed by atoms with Gasteiger partial charge >= 0.3 is 0 Å². The van der Waals surface area contributed by atoms with Gasteiger partial charge in [-0.3, -0.25) is 0 Å². The van der Waals surface area contributed by atoms with Gasteiger partial charge in [0, 0.05) is 24.8 Å². The maximum atomic E-state index is 5.99. The third kappa shape index (κ3) is 3.03. The number of nitrogens with zero attached hydrogens (tertiary/aromatic N) is 1. The molecule has 1 aromatic rings. The predicted octanol–water partition coefficient (Wildman–Crippen LogP) is 3.02. The summed E-state index contributed by atoms with van der Waals surface area (Å²) in [6.45, 7) is 4.22. The molecule has 1 aliphatic carbocycles. The average molecular weight is 262 g/mol. The Morgan fingerprint density at radius 2 is 1.63 bits per heavy atom. The summed E-state index contributed by atoms with van der Waals surface area (Å²) in [5, 5.41) is 0. The molecule has 0 radical (unpaired) electrons. The fourth-order valence-corrected chi connectivity index (χ4v) is 3.15. The van der Waals surface area contributed by atoms with Crippen LogP contribution in [-0.2, 0) is 0 Å². The molecule has 0 atom stereocenters. The van der Waals surface area contributed by atoms with Crippen molar-refractivity contribution in [2.75, 3.05) is 19.1 Å². The maximum Gasteiger partial charge on any atom is 0.124 e. The van der Waals surface area contributed by atoms with E-state index in [9.17, 15) is 0 Å². The van der Waals surface area contributed by atoms with E-state index in [-0.39, 0.29) is 0 Å². The lowest BCUT2D eigenvalue weighted by atomic mass is 9.90. The lowest BCUT2D eigenvalue weighted by Gasteiger charge is -2.35. The van der Waals surface area contributed by atoms with Crippen molar-refractivity contribution < 1.29 is 4.74 Å². The van der Waals surface area contributed by atoms with Crippen LogP contribution in [0.3, 0.4) is 0 Å². The van der Waals surface area contributed by atoms with E-state index in [1.807, 2.05) is 0 Å². The Kier molecular flexibility index (Phi) is 4.35. The second-order valence-electron chi connectivity index (χ2n) is 5.79. The maximum absolute atomic E-state index is 5.99. The Morgan fingerprint density at radius 1 is 1.11 bits per heavy atom. The topological polar surface area (TPSA) is 38.5 Å². The van der Waals surface area contributed by atoms with Gasteiger partial charge in [-0.1, -0.05) is 0 Å². The van der Waals surface area contributed by atoms with Crippen molar-refractivity contribution in [1.29, 1.82) is 0 Å². The largest absolute Gasteiger partial charge is 0.496 e. The Bertz CT molecular complexity index is 413. The molecule has 1 aromatic carbocycles. The Balaban J connectivity index is 2.17. The molecule has 1 saturated carbocycles. The van der Waals surface area contributed by atoms with Crippen molar-refractivity contribution in [1.82, 2.24) is 0 Å². The van der Waals surface area contributed by atoms with Crippen LogP contribution in [0.15, 0.2) is 12.1 Å². The molecule has 0 aromatic heterocycles. The highest BCUT2D eigenvalue weighted by Crippen LogP contribution is 2.31. The third-order valence-corrected chi connectivity index (χ3v) is 4.35. The molecule has 1 aliphatic rings. The predicted molar refractivity (Wildman–Crippen MR) is 81.1 cm³/mol. The quantitative estimate of drug-likeness (QED) is 0.910. The smallest absolute Gasteiger partial charge is 0.124 e. The fraction of sp³-hybridized carbons (Fsp3) is 0.625. The first-order valence-corrected chi connectivity index (χ1v) is 7.16. The van der Waals surface area contributed by atoms with Crippen LogP contribution in [0.2, 0.25) is 0 Å². The molecule has 1 fully saturated rings. The SMILES string of the molecule is COc1c(C)cc(N(C)C2CCC(N)CC2)cc1C. The summed E-state index contributed by atoms with van der Waals surface area (Å²) >= 11 is 0. The van der Waals surface area contributed by atoms with Gasteiger partial charge in [-0.15, -0.1) is 0 Å². The minimum atomic E-state index is 0.406. The van der Waals surface area contributed by atoms with E-state index in [4.69, 9.17) is 10.5 Å². The highest BCUT2D eigenvalue weighted by atomic mass is 16.5. The molecule has 0 heterocycles. The minimum Gasteiger partial charge on any atom is -0.496 e. The van der Waals surface area contributed by atoms with E-state index in [2.05, 4.69) is 37.9 Å². The molecule has 0 bridgehead atoms. The lowest BCUT2D eigenvalue weighted by molar-refractivity contribution is 0.384. The molecule has 2 rings (SSSR count). The Labute approximate surface area is 116 Å². The molecule has 0 aliphatic heterocycles. The van der Waals surface area contributed by atoms with E-state index >= 15 is 0 Å². The monoisotopic (exact) mass is 262 g/mol. The second-order valence-corrected chi connectivity index (χ2v) is 5.79. The summed E-state index contributed by atoms with van der Waals surface area (Å²) in [5.74, 6) is 1.00. The van der Waals surface area contributed by atoms with Crippen molar-refractivity contribution in [2.45, 2.75) is 51.6 Å². The summed E-state index contributed by atoms with van der Waals surface area (Å²) in [4.78, 5) is 2.41. The molecule has 0 saturated heterocycles. The van der Waals surface area contributed by atoms with E-state index in [1.54, 1.807) is 7.11 Å². The summed E-state index contributed by atoms with van der Waals surface area (Å²) in [6.07, 6.45) is 4.68. The first kappa shape index (κ1) is 14.2. The van der Waals surface area contributed by atoms with Gasteiger partial charge in [-0.25, -0.2) is 0 Å². The summed E-state index contributed by atoms with van der Waals surface area (Å²) in [6, 6.07) is 5.47. The van der Waals surface area contributed by atoms with Crippen LogP contribution in [0.4, 0.5) is 5.69 Å². The molecule has 2 N–H and O–H groups in total. The standard InChI is InChI=1S/C16H26N2O/c1-11-9-15(10-12(2)16(11)19-4)18(3)14-7-5-13(17)6-8-14/h9-10,13-14H,5-8,17H2,1-4H3. The first-order chi connectivity index (χ1) is 9.02. The molecule has 106 valence electrons. The zero-order chi connectivity index (χ0) is 14.0. The molecule has 19 heavy (non-hydrogen) atoms. The number of aryl methyl sites for hydroxylation is 2. The number of methoxy groups -OCH3 is 1. The molecular weight excluding hydrogens is 236 g/mol. The summed E-state index contributed by atoms with van der Waals surface area (Å²) in [7, 11) is 3.93. The van der Waals surface area contributed by atoms with Crippen LogP contribution in [-0.4, -0.2) is 26.2 Å². The van der Waals surface area contributed by atoms with Crippen molar-refractivity contribution in [2.24, 2.45) is 5.73 Å². The number of hydrogen-bond donors (Lipinski definition) is 1. The zero-order valence-electron chi connectivity index (χ0n) is 12.6. The van der Waals surface area contributed by atoms with Crippen molar-refractivity contribution in [3.05, 3.63) is 23.3 Å². The molecule has 0 unspecified atom stereocenters. The highest BCUT2D eigenvalue weighted by Gasteiger charge is 2.22. The van der Waals surface area contributed by atoms with Crippen molar-refractivity contribution in [3.63, 3.8) is 0 Å². The van der Waals surface area contributed by atoms with Gasteiger partial charge < -0.3 is 15.4 Å². The van der Waals surface area contributed by atoms with E-state index in [0.717, 1.165) is 18.6 Å². The van der Waals surface area contributed by atoms with Crippen LogP contribution >= 0.6 is 0 Å². The van der Waals surface area contributed by atoms with Gasteiger partial charge in [0.05, 0.1) is 7.11 Å². The van der Waals surface area contributed by atoms with Crippen LogP contribution in [0.5, 0.6) is 5.75 Å². The minimum absolute atomic E-state index is 0.406. The first-order valence-electron chi connectivity index (χ1n) is 7.16. The number of ether oxygens (including phenoxy) is 1. The fourth-order valence-electron chi connectivity index (χ4n) is 3.15. The van der Waals surface area contributed by atoms with Crippen LogP contribution in [0, 0.1) is 13.8 Å². The highest BCUT2D eigenvalue weighted by molar-refractivity contribution is 5.56. The van der Waals surface area contributed by atoms with Gasteiger partial charge in [-0.2, -0.15) is 0 Å². The van der Waals surface area contributed by atoms with Gasteiger partial charge in [0.2, 0.25) is 0 Å². The van der Waals surface area contributed by atoms with Gasteiger partial charge in [0.25, 0.3) is 0 Å². The molecule has 0 amide bonds. The lowest BCUT2D eigenvalue weighted by Crippen LogP contribution is -2.38. The molecule has 0 spiro atoms. The number of benzene rings is 1. The summed E-state index contributed by atoms with van der Waals surface area (Å²) in [5.41, 5.74) is 9.69. The van der Waals surface area contributed by atoms with Crippen LogP contribution < -0.4 is 15.4 Å². The zero-order valence-corrected chi connectivity index (χ0v) is 12.6. The van der Waals surface area contributed by atoms with Gasteiger partial charge in [0.1, 0.15) is 5.75 Å². The van der Waals surface area contributed by atoms with Gasteiger partial charge in [0.15, 0.2) is 0 Å². The number of nitrogens with two attached hydrogens (primary N) is 1. The molecule has 3 heteroatoms. The van der Waals surface area contributed by atoms with Crippen LogP contribution in [0.1, 0.15) is 36.8 Å². The molecule has 3 nitrogen and oxygen atoms in total. The van der Waals surface area contributed by atoms with Crippen molar-refractivity contribution in [3.8, 4) is 5.75 Å². The van der Waals surface area contributed by atoms with E-state index in [1.165, 1.54) is 29.7 Å². The normalized spacial score (nSPS) is 23.2. The van der Waals surface area contributed by atoms with Crippen molar-refractivity contribution >= 4 is 5.69 Å². The van der Waals surface area contributed by atoms with Gasteiger partial charge in [-0.05, 0) is 62.8 Å². The van der Waals surface area contributed by atoms with Crippen LogP contribution in [0.25, 0.3) is 0 Å². The number of anilines is 1. The average Bonchev–Trinajstić information content (AvgIpc) is 2.38. The number of hydrogen-bond acceptors (Lipinski definition) is 3. The molecular formula is C16H26N2O. The van der Waals surface area contributed by atoms with E-state index < -0.39 is 0 Å².